The second-order valence-corrected chi connectivity index (χ2v) is 3.24. The van der Waals surface area contributed by atoms with Crippen LogP contribution in [0.5, 0.6) is 11.5 Å². The zero-order valence-corrected chi connectivity index (χ0v) is 8.94. The standard InChI is InChI=1S/C10H7FO2.C3H6/c11-9-4-6-1-2-8(12)3-7(6)5-10(9)13;1-3-2/h1-5,12-13H;3H,1H2,2H3. The fourth-order valence-corrected chi connectivity index (χ4v) is 1.25. The Morgan fingerprint density at radius 1 is 1.12 bits per heavy atom. The van der Waals surface area contributed by atoms with E-state index in [0.717, 1.165) is 0 Å². The van der Waals surface area contributed by atoms with E-state index in [2.05, 4.69) is 6.58 Å². The Morgan fingerprint density at radius 2 is 1.75 bits per heavy atom. The summed E-state index contributed by atoms with van der Waals surface area (Å²) in [6, 6.07) is 7.04. The maximum Gasteiger partial charge on any atom is 0.165 e. The zero-order chi connectivity index (χ0) is 12.1. The molecule has 0 aliphatic heterocycles. The van der Waals surface area contributed by atoms with Crippen LogP contribution in [-0.4, -0.2) is 10.2 Å². The van der Waals surface area contributed by atoms with Crippen LogP contribution in [0.3, 0.4) is 0 Å². The third-order valence-corrected chi connectivity index (χ3v) is 1.89. The average molecular weight is 220 g/mol. The van der Waals surface area contributed by atoms with E-state index >= 15 is 0 Å². The van der Waals surface area contributed by atoms with Gasteiger partial charge in [-0.1, -0.05) is 12.1 Å². The maximum atomic E-state index is 12.8. The van der Waals surface area contributed by atoms with Crippen LogP contribution in [0.1, 0.15) is 6.92 Å². The van der Waals surface area contributed by atoms with Crippen molar-refractivity contribution in [2.45, 2.75) is 6.92 Å². The van der Waals surface area contributed by atoms with Crippen molar-refractivity contribution in [3.63, 3.8) is 0 Å². The van der Waals surface area contributed by atoms with Crippen molar-refractivity contribution in [2.75, 3.05) is 0 Å². The Labute approximate surface area is 93.3 Å². The number of aromatic hydroxyl groups is 2. The van der Waals surface area contributed by atoms with Gasteiger partial charge in [-0.3, -0.25) is 0 Å². The number of hydrogen-bond acceptors (Lipinski definition) is 2. The molecule has 16 heavy (non-hydrogen) atoms. The monoisotopic (exact) mass is 220 g/mol. The molecule has 2 N–H and O–H groups in total. The van der Waals surface area contributed by atoms with Gasteiger partial charge in [0.15, 0.2) is 11.6 Å². The van der Waals surface area contributed by atoms with Gasteiger partial charge in [0, 0.05) is 0 Å². The highest BCUT2D eigenvalue weighted by molar-refractivity contribution is 5.85. The Morgan fingerprint density at radius 3 is 2.38 bits per heavy atom. The molecule has 2 rings (SSSR count). The highest BCUT2D eigenvalue weighted by Gasteiger charge is 2.02. The number of benzene rings is 2. The molecular formula is C13H13FO2. The van der Waals surface area contributed by atoms with E-state index in [1.165, 1.54) is 24.3 Å². The van der Waals surface area contributed by atoms with E-state index < -0.39 is 11.6 Å². The molecule has 0 fully saturated rings. The fraction of sp³-hybridized carbons (Fsp3) is 0.0769. The van der Waals surface area contributed by atoms with Crippen molar-refractivity contribution >= 4 is 10.8 Å². The van der Waals surface area contributed by atoms with Crippen molar-refractivity contribution < 1.29 is 14.6 Å². The summed E-state index contributed by atoms with van der Waals surface area (Å²) in [7, 11) is 0. The first-order valence-corrected chi connectivity index (χ1v) is 4.76. The van der Waals surface area contributed by atoms with Crippen LogP contribution in [-0.2, 0) is 0 Å². The molecule has 0 heterocycles. The molecule has 0 unspecified atom stereocenters. The Kier molecular flexibility index (Phi) is 3.89. The third kappa shape index (κ3) is 2.73. The lowest BCUT2D eigenvalue weighted by atomic mass is 10.1. The normalized spacial score (nSPS) is 9.38. The number of hydrogen-bond donors (Lipinski definition) is 2. The summed E-state index contributed by atoms with van der Waals surface area (Å²) in [5.74, 6) is -0.963. The van der Waals surface area contributed by atoms with Crippen LogP contribution in [0.2, 0.25) is 0 Å². The highest BCUT2D eigenvalue weighted by atomic mass is 19.1. The van der Waals surface area contributed by atoms with E-state index in [-0.39, 0.29) is 5.75 Å². The van der Waals surface area contributed by atoms with Gasteiger partial charge < -0.3 is 10.2 Å². The SMILES string of the molecule is C=CC.Oc1ccc2cc(F)c(O)cc2c1. The molecule has 0 bridgehead atoms. The lowest BCUT2D eigenvalue weighted by molar-refractivity contribution is 0.433. The van der Waals surface area contributed by atoms with E-state index in [9.17, 15) is 4.39 Å². The minimum atomic E-state index is -0.654. The van der Waals surface area contributed by atoms with Gasteiger partial charge in [-0.25, -0.2) is 4.39 Å². The summed E-state index contributed by atoms with van der Waals surface area (Å²) in [5.41, 5.74) is 0. The smallest absolute Gasteiger partial charge is 0.165 e. The van der Waals surface area contributed by atoms with Crippen molar-refractivity contribution in [3.8, 4) is 11.5 Å². The number of fused-ring (bicyclic) bond motifs is 1. The van der Waals surface area contributed by atoms with E-state index in [1.807, 2.05) is 6.92 Å². The Bertz CT molecular complexity index is 507. The summed E-state index contributed by atoms with van der Waals surface area (Å²) >= 11 is 0. The van der Waals surface area contributed by atoms with Crippen LogP contribution in [0.4, 0.5) is 4.39 Å². The molecule has 2 aromatic rings. The summed E-state index contributed by atoms with van der Waals surface area (Å²) in [6.07, 6.45) is 1.75. The molecule has 0 atom stereocenters. The van der Waals surface area contributed by atoms with Crippen molar-refractivity contribution in [2.24, 2.45) is 0 Å². The molecule has 2 nitrogen and oxygen atoms in total. The van der Waals surface area contributed by atoms with Crippen LogP contribution < -0.4 is 0 Å². The zero-order valence-electron chi connectivity index (χ0n) is 8.94. The number of phenolic OH excluding ortho intramolecular Hbond substituents is 2. The lowest BCUT2D eigenvalue weighted by Gasteiger charge is -2.00. The quantitative estimate of drug-likeness (QED) is 0.666. The van der Waals surface area contributed by atoms with Crippen molar-refractivity contribution in [3.05, 3.63) is 48.8 Å². The summed E-state index contributed by atoms with van der Waals surface area (Å²) in [6.45, 7) is 5.25. The minimum Gasteiger partial charge on any atom is -0.508 e. The van der Waals surface area contributed by atoms with Crippen LogP contribution in [0.25, 0.3) is 10.8 Å². The van der Waals surface area contributed by atoms with Crippen molar-refractivity contribution in [1.29, 1.82) is 0 Å². The van der Waals surface area contributed by atoms with Gasteiger partial charge in [0.1, 0.15) is 5.75 Å². The van der Waals surface area contributed by atoms with E-state index in [4.69, 9.17) is 10.2 Å². The second-order valence-electron chi connectivity index (χ2n) is 3.24. The lowest BCUT2D eigenvalue weighted by Crippen LogP contribution is -1.78. The first kappa shape index (κ1) is 12.0. The molecule has 0 aromatic heterocycles. The number of phenols is 2. The molecule has 2 aromatic carbocycles. The minimum absolute atomic E-state index is 0.0958. The molecule has 0 radical (unpaired) electrons. The summed E-state index contributed by atoms with van der Waals surface area (Å²) < 4.78 is 12.8. The van der Waals surface area contributed by atoms with Gasteiger partial charge >= 0.3 is 0 Å². The van der Waals surface area contributed by atoms with Crippen LogP contribution in [0.15, 0.2) is 43.0 Å². The predicted octanol–water partition coefficient (Wildman–Crippen LogP) is 3.58. The molecular weight excluding hydrogens is 207 g/mol. The van der Waals surface area contributed by atoms with Gasteiger partial charge in [0.25, 0.3) is 0 Å². The number of rotatable bonds is 0. The van der Waals surface area contributed by atoms with Crippen LogP contribution in [0, 0.1) is 5.82 Å². The molecule has 0 saturated heterocycles. The number of allylic oxidation sites excluding steroid dienone is 1. The first-order valence-electron chi connectivity index (χ1n) is 4.76. The first-order chi connectivity index (χ1) is 7.58. The van der Waals surface area contributed by atoms with Crippen molar-refractivity contribution in [1.82, 2.24) is 0 Å². The number of halogens is 1. The molecule has 0 aliphatic carbocycles. The van der Waals surface area contributed by atoms with E-state index in [1.54, 1.807) is 12.1 Å². The van der Waals surface area contributed by atoms with E-state index in [0.29, 0.717) is 10.8 Å². The fourth-order valence-electron chi connectivity index (χ4n) is 1.25. The Hall–Kier alpha value is -2.03. The molecule has 0 spiro atoms. The molecule has 0 saturated carbocycles. The van der Waals surface area contributed by atoms with Gasteiger partial charge in [-0.05, 0) is 42.0 Å². The van der Waals surface area contributed by atoms with Gasteiger partial charge in [0.2, 0.25) is 0 Å². The average Bonchev–Trinajstić information content (AvgIpc) is 2.21. The molecule has 84 valence electrons. The van der Waals surface area contributed by atoms with Crippen LogP contribution >= 0.6 is 0 Å². The van der Waals surface area contributed by atoms with Gasteiger partial charge in [0.05, 0.1) is 0 Å². The third-order valence-electron chi connectivity index (χ3n) is 1.89. The Balaban J connectivity index is 0.000000386. The second kappa shape index (κ2) is 5.16. The largest absolute Gasteiger partial charge is 0.508 e. The highest BCUT2D eigenvalue weighted by Crippen LogP contribution is 2.26. The molecule has 0 aliphatic rings. The summed E-state index contributed by atoms with van der Waals surface area (Å²) in [4.78, 5) is 0. The maximum absolute atomic E-state index is 12.8. The predicted molar refractivity (Wildman–Crippen MR) is 63.1 cm³/mol. The van der Waals surface area contributed by atoms with Gasteiger partial charge in [-0.15, -0.1) is 6.58 Å². The molecule has 3 heteroatoms. The topological polar surface area (TPSA) is 40.5 Å². The molecule has 0 amide bonds. The van der Waals surface area contributed by atoms with Gasteiger partial charge in [-0.2, -0.15) is 0 Å². The summed E-state index contributed by atoms with van der Waals surface area (Å²) in [5, 5.41) is 19.4.